The van der Waals surface area contributed by atoms with Gasteiger partial charge in [-0.25, -0.2) is 13.2 Å². The Labute approximate surface area is 148 Å². The van der Waals surface area contributed by atoms with Gasteiger partial charge in [0.05, 0.1) is 11.8 Å². The number of anilines is 2. The van der Waals surface area contributed by atoms with E-state index in [1.54, 1.807) is 18.2 Å². The van der Waals surface area contributed by atoms with Crippen LogP contribution in [0.3, 0.4) is 0 Å². The van der Waals surface area contributed by atoms with Gasteiger partial charge in [-0.2, -0.15) is 13.2 Å². The lowest BCUT2D eigenvalue weighted by Gasteiger charge is -2.11. The zero-order valence-electron chi connectivity index (χ0n) is 13.6. The molecule has 0 heterocycles. The monoisotopic (exact) mass is 387 g/mol. The molecule has 0 spiro atoms. The topological polar surface area (TPSA) is 87.3 Å². The molecule has 0 aliphatic carbocycles. The standard InChI is InChI=1S/C16H16F3N3O3S/c1-26(24,25)22-14-7-2-4-11(8-14)10-20-15(23)21-13-6-3-5-12(9-13)16(17,18)19/h2-9,22H,10H2,1H3,(H2,20,21,23). The minimum Gasteiger partial charge on any atom is -0.334 e. The number of benzene rings is 2. The van der Waals surface area contributed by atoms with Crippen molar-refractivity contribution in [2.45, 2.75) is 12.7 Å². The molecule has 2 aromatic carbocycles. The second-order valence-corrected chi connectivity index (χ2v) is 7.21. The van der Waals surface area contributed by atoms with Crippen molar-refractivity contribution in [2.75, 3.05) is 16.3 Å². The molecule has 26 heavy (non-hydrogen) atoms. The van der Waals surface area contributed by atoms with Crippen molar-refractivity contribution >= 4 is 27.4 Å². The fourth-order valence-electron chi connectivity index (χ4n) is 2.09. The van der Waals surface area contributed by atoms with E-state index in [9.17, 15) is 26.4 Å². The van der Waals surface area contributed by atoms with Crippen LogP contribution in [-0.2, 0) is 22.7 Å². The molecule has 2 aromatic rings. The first kappa shape index (κ1) is 19.6. The molecule has 140 valence electrons. The Hall–Kier alpha value is -2.75. The van der Waals surface area contributed by atoms with Crippen LogP contribution in [-0.4, -0.2) is 20.7 Å². The first-order chi connectivity index (χ1) is 12.0. The number of carbonyl (C=O) groups is 1. The fraction of sp³-hybridized carbons (Fsp3) is 0.188. The first-order valence-corrected chi connectivity index (χ1v) is 9.21. The van der Waals surface area contributed by atoms with Gasteiger partial charge in [0.15, 0.2) is 0 Å². The summed E-state index contributed by atoms with van der Waals surface area (Å²) in [5.74, 6) is 0. The number of halogens is 3. The van der Waals surface area contributed by atoms with E-state index in [0.29, 0.717) is 11.3 Å². The normalized spacial score (nSPS) is 11.7. The van der Waals surface area contributed by atoms with Crippen LogP contribution in [0.25, 0.3) is 0 Å². The summed E-state index contributed by atoms with van der Waals surface area (Å²) < 4.78 is 62.7. The Morgan fingerprint density at radius 3 is 2.35 bits per heavy atom. The van der Waals surface area contributed by atoms with E-state index >= 15 is 0 Å². The second-order valence-electron chi connectivity index (χ2n) is 5.46. The highest BCUT2D eigenvalue weighted by Crippen LogP contribution is 2.30. The summed E-state index contributed by atoms with van der Waals surface area (Å²) in [6, 6.07) is 9.93. The molecular formula is C16H16F3N3O3S. The number of hydrogen-bond acceptors (Lipinski definition) is 3. The number of alkyl halides is 3. The molecular weight excluding hydrogens is 371 g/mol. The maximum absolute atomic E-state index is 12.7. The van der Waals surface area contributed by atoms with E-state index in [1.807, 2.05) is 0 Å². The molecule has 0 saturated carbocycles. The predicted molar refractivity (Wildman–Crippen MR) is 92.2 cm³/mol. The molecule has 0 fully saturated rings. The Morgan fingerprint density at radius 2 is 1.69 bits per heavy atom. The van der Waals surface area contributed by atoms with Crippen molar-refractivity contribution in [1.82, 2.24) is 5.32 Å². The zero-order chi connectivity index (χ0) is 19.4. The number of rotatable bonds is 5. The SMILES string of the molecule is CS(=O)(=O)Nc1cccc(CNC(=O)Nc2cccc(C(F)(F)F)c2)c1. The van der Waals surface area contributed by atoms with Crippen molar-refractivity contribution in [3.63, 3.8) is 0 Å². The van der Waals surface area contributed by atoms with Crippen LogP contribution < -0.4 is 15.4 Å². The number of nitrogens with one attached hydrogen (secondary N) is 3. The van der Waals surface area contributed by atoms with Crippen molar-refractivity contribution < 1.29 is 26.4 Å². The Kier molecular flexibility index (Phi) is 5.76. The first-order valence-electron chi connectivity index (χ1n) is 7.32. The molecule has 10 heteroatoms. The van der Waals surface area contributed by atoms with Crippen LogP contribution in [0.15, 0.2) is 48.5 Å². The molecule has 0 aliphatic rings. The summed E-state index contributed by atoms with van der Waals surface area (Å²) in [6.45, 7) is 0.0596. The summed E-state index contributed by atoms with van der Waals surface area (Å²) >= 11 is 0. The summed E-state index contributed by atoms with van der Waals surface area (Å²) in [7, 11) is -3.42. The van der Waals surface area contributed by atoms with E-state index in [1.165, 1.54) is 18.2 Å². The highest BCUT2D eigenvalue weighted by molar-refractivity contribution is 7.92. The van der Waals surface area contributed by atoms with E-state index in [4.69, 9.17) is 0 Å². The summed E-state index contributed by atoms with van der Waals surface area (Å²) in [6.07, 6.45) is -3.48. The molecule has 0 aromatic heterocycles. The minimum absolute atomic E-state index is 0.00446. The fourth-order valence-corrected chi connectivity index (χ4v) is 2.64. The van der Waals surface area contributed by atoms with Gasteiger partial charge >= 0.3 is 12.2 Å². The van der Waals surface area contributed by atoms with Gasteiger partial charge in [-0.3, -0.25) is 4.72 Å². The molecule has 6 nitrogen and oxygen atoms in total. The average Bonchev–Trinajstić information content (AvgIpc) is 2.51. The van der Waals surface area contributed by atoms with Gasteiger partial charge < -0.3 is 10.6 Å². The maximum Gasteiger partial charge on any atom is 0.416 e. The van der Waals surface area contributed by atoms with Gasteiger partial charge in [0.25, 0.3) is 0 Å². The van der Waals surface area contributed by atoms with Crippen molar-refractivity contribution in [3.8, 4) is 0 Å². The van der Waals surface area contributed by atoms with Crippen LogP contribution >= 0.6 is 0 Å². The second kappa shape index (κ2) is 7.65. The van der Waals surface area contributed by atoms with Crippen LogP contribution in [0.5, 0.6) is 0 Å². The van der Waals surface area contributed by atoms with Gasteiger partial charge in [0.1, 0.15) is 0 Å². The van der Waals surface area contributed by atoms with Crippen LogP contribution in [0.2, 0.25) is 0 Å². The Balaban J connectivity index is 1.96. The lowest BCUT2D eigenvalue weighted by atomic mass is 10.2. The zero-order valence-corrected chi connectivity index (χ0v) is 14.4. The van der Waals surface area contributed by atoms with Crippen molar-refractivity contribution in [3.05, 3.63) is 59.7 Å². The molecule has 2 amide bonds. The molecule has 0 unspecified atom stereocenters. The molecule has 0 radical (unpaired) electrons. The number of hydrogen-bond donors (Lipinski definition) is 3. The molecule has 0 atom stereocenters. The van der Waals surface area contributed by atoms with Crippen LogP contribution in [0.4, 0.5) is 29.3 Å². The van der Waals surface area contributed by atoms with Gasteiger partial charge in [-0.15, -0.1) is 0 Å². The summed E-state index contributed by atoms with van der Waals surface area (Å²) in [4.78, 5) is 11.8. The van der Waals surface area contributed by atoms with Crippen molar-refractivity contribution in [1.29, 1.82) is 0 Å². The third kappa shape index (κ3) is 6.28. The molecule has 0 saturated heterocycles. The quantitative estimate of drug-likeness (QED) is 0.735. The van der Waals surface area contributed by atoms with Gasteiger partial charge in [-0.1, -0.05) is 18.2 Å². The lowest BCUT2D eigenvalue weighted by Crippen LogP contribution is -2.28. The largest absolute Gasteiger partial charge is 0.416 e. The number of carbonyl (C=O) groups excluding carboxylic acids is 1. The van der Waals surface area contributed by atoms with E-state index in [-0.39, 0.29) is 12.2 Å². The van der Waals surface area contributed by atoms with Crippen molar-refractivity contribution in [2.24, 2.45) is 0 Å². The third-order valence-electron chi connectivity index (χ3n) is 3.13. The minimum atomic E-state index is -4.50. The highest BCUT2D eigenvalue weighted by Gasteiger charge is 2.30. The van der Waals surface area contributed by atoms with Crippen LogP contribution in [0, 0.1) is 0 Å². The summed E-state index contributed by atoms with van der Waals surface area (Å²) in [5.41, 5.74) is 0.0857. The number of urea groups is 1. The lowest BCUT2D eigenvalue weighted by molar-refractivity contribution is -0.137. The summed E-state index contributed by atoms with van der Waals surface area (Å²) in [5, 5.41) is 4.80. The van der Waals surface area contributed by atoms with Crippen LogP contribution in [0.1, 0.15) is 11.1 Å². The Bertz CT molecular complexity index is 899. The third-order valence-corrected chi connectivity index (χ3v) is 3.74. The van der Waals surface area contributed by atoms with E-state index in [2.05, 4.69) is 15.4 Å². The number of sulfonamides is 1. The molecule has 0 bridgehead atoms. The predicted octanol–water partition coefficient (Wildman–Crippen LogP) is 3.40. The van der Waals surface area contributed by atoms with Gasteiger partial charge in [0.2, 0.25) is 10.0 Å². The molecule has 0 aliphatic heterocycles. The Morgan fingerprint density at radius 1 is 1.04 bits per heavy atom. The van der Waals surface area contributed by atoms with Gasteiger partial charge in [0, 0.05) is 17.9 Å². The van der Waals surface area contributed by atoms with Gasteiger partial charge in [-0.05, 0) is 35.9 Å². The maximum atomic E-state index is 12.7. The smallest absolute Gasteiger partial charge is 0.334 e. The number of amides is 2. The molecule has 2 rings (SSSR count). The van der Waals surface area contributed by atoms with E-state index < -0.39 is 27.8 Å². The molecule has 3 N–H and O–H groups in total. The average molecular weight is 387 g/mol. The highest BCUT2D eigenvalue weighted by atomic mass is 32.2. The van der Waals surface area contributed by atoms with E-state index in [0.717, 1.165) is 18.4 Å².